The van der Waals surface area contributed by atoms with Gasteiger partial charge in [0.15, 0.2) is 11.6 Å². The maximum atomic E-state index is 13.7. The summed E-state index contributed by atoms with van der Waals surface area (Å²) in [6.45, 7) is 2.22. The molecule has 0 saturated heterocycles. The van der Waals surface area contributed by atoms with Crippen LogP contribution in [0.5, 0.6) is 5.75 Å². The quantitative estimate of drug-likeness (QED) is 0.829. The van der Waals surface area contributed by atoms with Crippen LogP contribution in [0.2, 0.25) is 0 Å². The number of hydrogen-bond acceptors (Lipinski definition) is 4. The van der Waals surface area contributed by atoms with Crippen LogP contribution in [0.1, 0.15) is 12.5 Å². The largest absolute Gasteiger partial charge is 0.491 e. The van der Waals surface area contributed by atoms with E-state index in [0.29, 0.717) is 23.7 Å². The number of aromatic nitrogens is 1. The highest BCUT2D eigenvalue weighted by Crippen LogP contribution is 2.23. The Bertz CT molecular complexity index is 634. The maximum absolute atomic E-state index is 13.7. The lowest BCUT2D eigenvalue weighted by Gasteiger charge is -2.09. The first-order valence-electron chi connectivity index (χ1n) is 6.05. The number of pyridine rings is 1. The van der Waals surface area contributed by atoms with Gasteiger partial charge in [-0.05, 0) is 31.2 Å². The molecule has 0 bridgehead atoms. The lowest BCUT2D eigenvalue weighted by molar-refractivity contribution is 0.321. The van der Waals surface area contributed by atoms with Crippen LogP contribution in [0.25, 0.3) is 0 Å². The van der Waals surface area contributed by atoms with Crippen molar-refractivity contribution < 1.29 is 9.13 Å². The van der Waals surface area contributed by atoms with Crippen molar-refractivity contribution in [1.82, 2.24) is 4.98 Å². The molecule has 1 heterocycles. The standard InChI is InChI=1S/C14H14FN3OS/c1-2-19-12-4-3-10(8-11(12)15)18-13-7-9(14(16)20)5-6-17-13/h3-8H,2H2,1H3,(H2,16,20)(H,17,18). The first-order chi connectivity index (χ1) is 9.60. The van der Waals surface area contributed by atoms with Gasteiger partial charge in [0.25, 0.3) is 0 Å². The molecule has 104 valence electrons. The van der Waals surface area contributed by atoms with E-state index >= 15 is 0 Å². The molecule has 20 heavy (non-hydrogen) atoms. The van der Waals surface area contributed by atoms with Crippen LogP contribution >= 0.6 is 12.2 Å². The number of benzene rings is 1. The minimum atomic E-state index is -0.428. The summed E-state index contributed by atoms with van der Waals surface area (Å²) in [7, 11) is 0. The third-order valence-electron chi connectivity index (χ3n) is 2.55. The van der Waals surface area contributed by atoms with Gasteiger partial charge in [-0.25, -0.2) is 9.37 Å². The highest BCUT2D eigenvalue weighted by Gasteiger charge is 2.05. The molecular formula is C14H14FN3OS. The molecule has 2 aromatic rings. The summed E-state index contributed by atoms with van der Waals surface area (Å²) >= 11 is 4.90. The van der Waals surface area contributed by atoms with Gasteiger partial charge in [-0.2, -0.15) is 0 Å². The van der Waals surface area contributed by atoms with Gasteiger partial charge < -0.3 is 15.8 Å². The van der Waals surface area contributed by atoms with Crippen LogP contribution < -0.4 is 15.8 Å². The van der Waals surface area contributed by atoms with Crippen molar-refractivity contribution >= 4 is 28.7 Å². The van der Waals surface area contributed by atoms with Crippen LogP contribution in [-0.2, 0) is 0 Å². The van der Waals surface area contributed by atoms with E-state index in [2.05, 4.69) is 10.3 Å². The molecule has 0 atom stereocenters. The molecule has 0 unspecified atom stereocenters. The molecule has 0 aliphatic heterocycles. The van der Waals surface area contributed by atoms with Crippen molar-refractivity contribution in [2.75, 3.05) is 11.9 Å². The molecule has 0 aliphatic rings. The van der Waals surface area contributed by atoms with Gasteiger partial charge in [-0.3, -0.25) is 0 Å². The van der Waals surface area contributed by atoms with E-state index in [0.717, 1.165) is 0 Å². The Labute approximate surface area is 121 Å². The van der Waals surface area contributed by atoms with Crippen LogP contribution in [0.4, 0.5) is 15.9 Å². The van der Waals surface area contributed by atoms with Gasteiger partial charge in [0.2, 0.25) is 0 Å². The molecule has 0 saturated carbocycles. The van der Waals surface area contributed by atoms with Crippen molar-refractivity contribution in [1.29, 1.82) is 0 Å². The number of halogens is 1. The van der Waals surface area contributed by atoms with E-state index in [4.69, 9.17) is 22.7 Å². The summed E-state index contributed by atoms with van der Waals surface area (Å²) in [5.74, 6) is 0.337. The number of nitrogens with one attached hydrogen (secondary N) is 1. The molecule has 1 aromatic heterocycles. The zero-order valence-electron chi connectivity index (χ0n) is 10.9. The van der Waals surface area contributed by atoms with Gasteiger partial charge in [0.05, 0.1) is 6.61 Å². The molecule has 0 fully saturated rings. The molecule has 4 nitrogen and oxygen atoms in total. The summed E-state index contributed by atoms with van der Waals surface area (Å²) in [6.07, 6.45) is 1.59. The summed E-state index contributed by atoms with van der Waals surface area (Å²) in [5.41, 5.74) is 6.82. The molecular weight excluding hydrogens is 277 g/mol. The number of hydrogen-bond donors (Lipinski definition) is 2. The van der Waals surface area contributed by atoms with E-state index in [-0.39, 0.29) is 10.7 Å². The van der Waals surface area contributed by atoms with E-state index < -0.39 is 5.82 Å². The van der Waals surface area contributed by atoms with E-state index in [1.165, 1.54) is 6.07 Å². The molecule has 0 radical (unpaired) electrons. The average Bonchev–Trinajstić information content (AvgIpc) is 2.42. The van der Waals surface area contributed by atoms with Crippen LogP contribution in [-0.4, -0.2) is 16.6 Å². The Kier molecular flexibility index (Phi) is 4.47. The number of rotatable bonds is 5. The predicted molar refractivity (Wildman–Crippen MR) is 81.0 cm³/mol. The molecule has 2 rings (SSSR count). The third kappa shape index (κ3) is 3.42. The second-order valence-corrected chi connectivity index (χ2v) is 4.44. The first-order valence-corrected chi connectivity index (χ1v) is 6.46. The molecule has 0 spiro atoms. The zero-order chi connectivity index (χ0) is 14.5. The second kappa shape index (κ2) is 6.29. The SMILES string of the molecule is CCOc1ccc(Nc2cc(C(N)=S)ccn2)cc1F. The van der Waals surface area contributed by atoms with E-state index in [9.17, 15) is 4.39 Å². The van der Waals surface area contributed by atoms with Crippen molar-refractivity contribution in [3.63, 3.8) is 0 Å². The number of ether oxygens (including phenoxy) is 1. The van der Waals surface area contributed by atoms with Gasteiger partial charge >= 0.3 is 0 Å². The van der Waals surface area contributed by atoms with Crippen molar-refractivity contribution in [2.45, 2.75) is 6.92 Å². The van der Waals surface area contributed by atoms with Crippen molar-refractivity contribution in [3.05, 3.63) is 47.9 Å². The highest BCUT2D eigenvalue weighted by atomic mass is 32.1. The maximum Gasteiger partial charge on any atom is 0.167 e. The lowest BCUT2D eigenvalue weighted by atomic mass is 10.2. The number of nitrogens with two attached hydrogens (primary N) is 1. The minimum absolute atomic E-state index is 0.225. The van der Waals surface area contributed by atoms with E-state index in [1.807, 2.05) is 0 Å². The second-order valence-electron chi connectivity index (χ2n) is 4.00. The molecule has 6 heteroatoms. The summed E-state index contributed by atoms with van der Waals surface area (Å²) in [6, 6.07) is 8.05. The normalized spacial score (nSPS) is 10.1. The zero-order valence-corrected chi connectivity index (χ0v) is 11.7. The molecule has 3 N–H and O–H groups in total. The van der Waals surface area contributed by atoms with Gasteiger partial charge in [-0.1, -0.05) is 12.2 Å². The molecule has 0 aliphatic carbocycles. The summed E-state index contributed by atoms with van der Waals surface area (Å²) in [4.78, 5) is 4.41. The third-order valence-corrected chi connectivity index (χ3v) is 2.78. The van der Waals surface area contributed by atoms with E-state index in [1.54, 1.807) is 37.4 Å². The Hall–Kier alpha value is -2.21. The van der Waals surface area contributed by atoms with Gasteiger partial charge in [-0.15, -0.1) is 0 Å². The Balaban J connectivity index is 2.19. The minimum Gasteiger partial charge on any atom is -0.491 e. The average molecular weight is 291 g/mol. The Morgan fingerprint density at radius 1 is 1.40 bits per heavy atom. The van der Waals surface area contributed by atoms with Crippen LogP contribution in [0.15, 0.2) is 36.5 Å². The van der Waals surface area contributed by atoms with Crippen molar-refractivity contribution in [3.8, 4) is 5.75 Å². The first kappa shape index (κ1) is 14.2. The van der Waals surface area contributed by atoms with Crippen LogP contribution in [0, 0.1) is 5.82 Å². The highest BCUT2D eigenvalue weighted by molar-refractivity contribution is 7.80. The summed E-state index contributed by atoms with van der Waals surface area (Å²) < 4.78 is 18.9. The van der Waals surface area contributed by atoms with Crippen LogP contribution in [0.3, 0.4) is 0 Å². The fraction of sp³-hybridized carbons (Fsp3) is 0.143. The predicted octanol–water partition coefficient (Wildman–Crippen LogP) is 3.00. The topological polar surface area (TPSA) is 60.2 Å². The number of nitrogens with zero attached hydrogens (tertiary/aromatic N) is 1. The fourth-order valence-electron chi connectivity index (χ4n) is 1.65. The fourth-order valence-corrected chi connectivity index (χ4v) is 1.78. The molecule has 0 amide bonds. The molecule has 1 aromatic carbocycles. The summed E-state index contributed by atoms with van der Waals surface area (Å²) in [5, 5.41) is 2.99. The van der Waals surface area contributed by atoms with Gasteiger partial charge in [0, 0.05) is 23.5 Å². The number of anilines is 2. The van der Waals surface area contributed by atoms with Gasteiger partial charge in [0.1, 0.15) is 10.8 Å². The number of thiocarbonyl (C=S) groups is 1. The Morgan fingerprint density at radius 2 is 2.20 bits per heavy atom. The Morgan fingerprint density at radius 3 is 2.85 bits per heavy atom. The van der Waals surface area contributed by atoms with Crippen molar-refractivity contribution in [2.24, 2.45) is 5.73 Å². The lowest BCUT2D eigenvalue weighted by Crippen LogP contribution is -2.09. The monoisotopic (exact) mass is 291 g/mol. The smallest absolute Gasteiger partial charge is 0.167 e.